The van der Waals surface area contributed by atoms with E-state index in [1.165, 1.54) is 7.11 Å². The van der Waals surface area contributed by atoms with E-state index in [1.807, 2.05) is 0 Å². The largest absolute Gasteiger partial charge is 0.493 e. The molecule has 80 valence electrons. The molecule has 0 bridgehead atoms. The zero-order valence-corrected chi connectivity index (χ0v) is 10.1. The molecule has 0 aliphatic heterocycles. The van der Waals surface area contributed by atoms with Crippen molar-refractivity contribution in [1.82, 2.24) is 0 Å². The number of aldehydes is 1. The molecular formula is C11H11BrO3. The van der Waals surface area contributed by atoms with Crippen molar-refractivity contribution in [3.8, 4) is 11.5 Å². The summed E-state index contributed by atoms with van der Waals surface area (Å²) in [4.78, 5) is 10.6. The highest BCUT2D eigenvalue weighted by atomic mass is 79.9. The lowest BCUT2D eigenvalue weighted by Crippen LogP contribution is -1.94. The van der Waals surface area contributed by atoms with Crippen molar-refractivity contribution in [3.63, 3.8) is 0 Å². The van der Waals surface area contributed by atoms with Gasteiger partial charge in [0.15, 0.2) is 11.5 Å². The van der Waals surface area contributed by atoms with Gasteiger partial charge in [-0.1, -0.05) is 6.58 Å². The smallest absolute Gasteiger partial charge is 0.174 e. The molecule has 1 rings (SSSR count). The second-order valence-electron chi connectivity index (χ2n) is 2.84. The van der Waals surface area contributed by atoms with Gasteiger partial charge in [0.1, 0.15) is 6.29 Å². The quantitative estimate of drug-likeness (QED) is 0.624. The Morgan fingerprint density at radius 2 is 2.07 bits per heavy atom. The van der Waals surface area contributed by atoms with Crippen LogP contribution >= 0.6 is 15.9 Å². The Labute approximate surface area is 96.8 Å². The van der Waals surface area contributed by atoms with Crippen LogP contribution in [0.5, 0.6) is 11.5 Å². The molecule has 0 fully saturated rings. The molecule has 0 saturated heterocycles. The Morgan fingerprint density at radius 3 is 2.53 bits per heavy atom. The third kappa shape index (κ3) is 2.39. The molecule has 1 aromatic rings. The molecule has 0 radical (unpaired) electrons. The van der Waals surface area contributed by atoms with Gasteiger partial charge in [-0.25, -0.2) is 0 Å². The van der Waals surface area contributed by atoms with Crippen LogP contribution in [0.2, 0.25) is 0 Å². The SMILES string of the molecule is C=C(C=O)c1cc(Br)c(OC)c(OC)c1. The van der Waals surface area contributed by atoms with Gasteiger partial charge in [0.25, 0.3) is 0 Å². The van der Waals surface area contributed by atoms with Gasteiger partial charge in [-0.05, 0) is 33.6 Å². The Morgan fingerprint density at radius 1 is 1.40 bits per heavy atom. The first kappa shape index (κ1) is 11.8. The summed E-state index contributed by atoms with van der Waals surface area (Å²) in [6, 6.07) is 3.47. The molecule has 0 heterocycles. The Balaban J connectivity index is 3.31. The molecule has 3 nitrogen and oxygen atoms in total. The molecule has 0 spiro atoms. The van der Waals surface area contributed by atoms with Gasteiger partial charge in [-0.15, -0.1) is 0 Å². The normalized spacial score (nSPS) is 9.53. The third-order valence-corrected chi connectivity index (χ3v) is 2.54. The maximum Gasteiger partial charge on any atom is 0.174 e. The van der Waals surface area contributed by atoms with Crippen LogP contribution in [0.4, 0.5) is 0 Å². The molecule has 1 aromatic carbocycles. The fourth-order valence-corrected chi connectivity index (χ4v) is 1.78. The van der Waals surface area contributed by atoms with Gasteiger partial charge >= 0.3 is 0 Å². The monoisotopic (exact) mass is 270 g/mol. The van der Waals surface area contributed by atoms with Gasteiger partial charge in [-0.2, -0.15) is 0 Å². The van der Waals surface area contributed by atoms with Crippen molar-refractivity contribution in [2.75, 3.05) is 14.2 Å². The van der Waals surface area contributed by atoms with E-state index in [4.69, 9.17) is 9.47 Å². The van der Waals surface area contributed by atoms with Gasteiger partial charge in [-0.3, -0.25) is 4.79 Å². The van der Waals surface area contributed by atoms with Gasteiger partial charge < -0.3 is 9.47 Å². The lowest BCUT2D eigenvalue weighted by atomic mass is 10.1. The number of halogens is 1. The van der Waals surface area contributed by atoms with Crippen molar-refractivity contribution in [2.24, 2.45) is 0 Å². The van der Waals surface area contributed by atoms with E-state index in [2.05, 4.69) is 22.5 Å². The van der Waals surface area contributed by atoms with E-state index in [9.17, 15) is 4.79 Å². The summed E-state index contributed by atoms with van der Waals surface area (Å²) in [7, 11) is 3.09. The average molecular weight is 271 g/mol. The van der Waals surface area contributed by atoms with E-state index in [0.717, 1.165) is 4.47 Å². The molecule has 0 aliphatic rings. The molecule has 0 N–H and O–H groups in total. The van der Waals surface area contributed by atoms with E-state index in [1.54, 1.807) is 19.2 Å². The maximum atomic E-state index is 10.6. The first-order chi connectivity index (χ1) is 7.13. The van der Waals surface area contributed by atoms with Crippen LogP contribution in [0.15, 0.2) is 23.2 Å². The minimum absolute atomic E-state index is 0.400. The van der Waals surface area contributed by atoms with Crippen molar-refractivity contribution in [3.05, 3.63) is 28.7 Å². The maximum absolute atomic E-state index is 10.6. The Hall–Kier alpha value is -1.29. The van der Waals surface area contributed by atoms with Crippen LogP contribution in [-0.4, -0.2) is 20.5 Å². The van der Waals surface area contributed by atoms with Crippen LogP contribution in [0.25, 0.3) is 5.57 Å². The van der Waals surface area contributed by atoms with Crippen LogP contribution < -0.4 is 9.47 Å². The molecule has 15 heavy (non-hydrogen) atoms. The molecular weight excluding hydrogens is 260 g/mol. The number of carbonyl (C=O) groups excluding carboxylic acids is 1. The topological polar surface area (TPSA) is 35.5 Å². The van der Waals surface area contributed by atoms with Crippen LogP contribution in [0, 0.1) is 0 Å². The number of hydrogen-bond donors (Lipinski definition) is 0. The highest BCUT2D eigenvalue weighted by Crippen LogP contribution is 2.37. The zero-order chi connectivity index (χ0) is 11.4. The van der Waals surface area contributed by atoms with Gasteiger partial charge in [0.05, 0.1) is 18.7 Å². The second kappa shape index (κ2) is 4.98. The fraction of sp³-hybridized carbons (Fsp3) is 0.182. The lowest BCUT2D eigenvalue weighted by Gasteiger charge is -2.11. The molecule has 0 unspecified atom stereocenters. The van der Waals surface area contributed by atoms with E-state index >= 15 is 0 Å². The predicted molar refractivity (Wildman–Crippen MR) is 62.3 cm³/mol. The zero-order valence-electron chi connectivity index (χ0n) is 8.54. The summed E-state index contributed by atoms with van der Waals surface area (Å²) in [5.74, 6) is 1.16. The molecule has 4 heteroatoms. The predicted octanol–water partition coefficient (Wildman–Crippen LogP) is 2.68. The summed E-state index contributed by atoms with van der Waals surface area (Å²) in [6.07, 6.45) is 0.702. The van der Waals surface area contributed by atoms with E-state index in [-0.39, 0.29) is 0 Å². The highest BCUT2D eigenvalue weighted by Gasteiger charge is 2.11. The van der Waals surface area contributed by atoms with E-state index < -0.39 is 0 Å². The first-order valence-electron chi connectivity index (χ1n) is 4.20. The number of carbonyl (C=O) groups is 1. The minimum atomic E-state index is 0.400. The molecule has 0 atom stereocenters. The van der Waals surface area contributed by atoms with Crippen molar-refractivity contribution in [2.45, 2.75) is 0 Å². The number of allylic oxidation sites excluding steroid dienone is 1. The molecule has 0 aromatic heterocycles. The van der Waals surface area contributed by atoms with E-state index in [0.29, 0.717) is 28.9 Å². The Bertz CT molecular complexity index is 399. The summed E-state index contributed by atoms with van der Waals surface area (Å²) in [6.45, 7) is 3.63. The van der Waals surface area contributed by atoms with Crippen molar-refractivity contribution in [1.29, 1.82) is 0 Å². The molecule has 0 aliphatic carbocycles. The van der Waals surface area contributed by atoms with Crippen LogP contribution in [0.3, 0.4) is 0 Å². The lowest BCUT2D eigenvalue weighted by molar-refractivity contribution is -0.103. The number of hydrogen-bond acceptors (Lipinski definition) is 3. The number of benzene rings is 1. The highest BCUT2D eigenvalue weighted by molar-refractivity contribution is 9.10. The number of ether oxygens (including phenoxy) is 2. The average Bonchev–Trinajstić information content (AvgIpc) is 2.26. The standard InChI is InChI=1S/C11H11BrO3/c1-7(6-13)8-4-9(12)11(15-3)10(5-8)14-2/h4-6H,1H2,2-3H3. The summed E-state index contributed by atoms with van der Waals surface area (Å²) in [5.41, 5.74) is 1.10. The van der Waals surface area contributed by atoms with Gasteiger partial charge in [0, 0.05) is 5.57 Å². The Kier molecular flexibility index (Phi) is 3.91. The summed E-state index contributed by atoms with van der Waals surface area (Å²) in [5, 5.41) is 0. The number of rotatable bonds is 4. The summed E-state index contributed by atoms with van der Waals surface area (Å²) >= 11 is 3.33. The van der Waals surface area contributed by atoms with Crippen LogP contribution in [-0.2, 0) is 4.79 Å². The second-order valence-corrected chi connectivity index (χ2v) is 3.69. The first-order valence-corrected chi connectivity index (χ1v) is 4.99. The number of methoxy groups -OCH3 is 2. The molecule has 0 saturated carbocycles. The summed E-state index contributed by atoms with van der Waals surface area (Å²) < 4.78 is 11.0. The van der Waals surface area contributed by atoms with Gasteiger partial charge in [0.2, 0.25) is 0 Å². The van der Waals surface area contributed by atoms with Crippen molar-refractivity contribution < 1.29 is 14.3 Å². The van der Waals surface area contributed by atoms with Crippen molar-refractivity contribution >= 4 is 27.8 Å². The molecule has 0 amide bonds. The fourth-order valence-electron chi connectivity index (χ4n) is 1.17. The van der Waals surface area contributed by atoms with Crippen LogP contribution in [0.1, 0.15) is 5.56 Å². The third-order valence-electron chi connectivity index (χ3n) is 1.95. The minimum Gasteiger partial charge on any atom is -0.493 e.